The number of hydrogen-bond donors (Lipinski definition) is 1. The van der Waals surface area contributed by atoms with Crippen molar-refractivity contribution in [1.82, 2.24) is 9.78 Å². The molecule has 2 unspecified atom stereocenters. The number of aliphatic hydroxyl groups excluding tert-OH is 1. The second-order valence-electron chi connectivity index (χ2n) is 4.08. The van der Waals surface area contributed by atoms with Crippen LogP contribution in [-0.2, 0) is 13.5 Å². The lowest BCUT2D eigenvalue weighted by Crippen LogP contribution is -2.19. The fraction of sp³-hybridized carbons (Fsp3) is 0.727. The quantitative estimate of drug-likeness (QED) is 0.916. The molecule has 3 nitrogen and oxygen atoms in total. The Morgan fingerprint density at radius 2 is 2.13 bits per heavy atom. The maximum absolute atomic E-state index is 9.62. The zero-order valence-corrected chi connectivity index (χ0v) is 11.4. The molecule has 0 aliphatic carbocycles. The van der Waals surface area contributed by atoms with Gasteiger partial charge >= 0.3 is 0 Å². The van der Waals surface area contributed by atoms with Gasteiger partial charge in [0.2, 0.25) is 0 Å². The van der Waals surface area contributed by atoms with E-state index in [1.165, 1.54) is 5.69 Å². The van der Waals surface area contributed by atoms with Gasteiger partial charge in [0.25, 0.3) is 0 Å². The molecule has 0 saturated carbocycles. The van der Waals surface area contributed by atoms with E-state index in [9.17, 15) is 5.11 Å². The summed E-state index contributed by atoms with van der Waals surface area (Å²) in [7, 11) is 1.95. The molecule has 0 fully saturated rings. The summed E-state index contributed by atoms with van der Waals surface area (Å²) in [5.41, 5.74) is 2.17. The molecular weight excluding hydrogens is 256 g/mol. The molecule has 2 atom stereocenters. The molecule has 1 rings (SSSR count). The molecular formula is C11H19BrN2O. The predicted molar refractivity (Wildman–Crippen MR) is 64.8 cm³/mol. The van der Waals surface area contributed by atoms with Crippen LogP contribution in [0.1, 0.15) is 31.7 Å². The van der Waals surface area contributed by atoms with Crippen LogP contribution in [0.4, 0.5) is 0 Å². The molecule has 0 aliphatic rings. The summed E-state index contributed by atoms with van der Waals surface area (Å²) < 4.78 is 2.97. The molecule has 15 heavy (non-hydrogen) atoms. The number of rotatable bonds is 4. The highest BCUT2D eigenvalue weighted by atomic mass is 79.9. The molecule has 0 radical (unpaired) electrons. The second-order valence-corrected chi connectivity index (χ2v) is 4.88. The van der Waals surface area contributed by atoms with Crippen molar-refractivity contribution in [3.63, 3.8) is 0 Å². The average molecular weight is 275 g/mol. The normalized spacial score (nSPS) is 15.3. The fourth-order valence-electron chi connectivity index (χ4n) is 1.81. The first kappa shape index (κ1) is 12.7. The van der Waals surface area contributed by atoms with E-state index in [4.69, 9.17) is 0 Å². The Hall–Kier alpha value is -0.350. The smallest absolute Gasteiger partial charge is 0.0738 e. The Kier molecular flexibility index (Phi) is 4.34. The van der Waals surface area contributed by atoms with Gasteiger partial charge in [0.05, 0.1) is 22.0 Å². The first-order valence-electron chi connectivity index (χ1n) is 5.33. The second kappa shape index (κ2) is 5.12. The van der Waals surface area contributed by atoms with Crippen LogP contribution in [0.15, 0.2) is 4.47 Å². The molecule has 0 aromatic carbocycles. The highest BCUT2D eigenvalue weighted by Crippen LogP contribution is 2.25. The minimum Gasteiger partial charge on any atom is -0.393 e. The van der Waals surface area contributed by atoms with E-state index in [1.807, 2.05) is 25.6 Å². The third-order valence-electron chi connectivity index (χ3n) is 2.92. The summed E-state index contributed by atoms with van der Waals surface area (Å²) >= 11 is 3.54. The number of hydrogen-bond acceptors (Lipinski definition) is 2. The van der Waals surface area contributed by atoms with Gasteiger partial charge in [-0.1, -0.05) is 13.3 Å². The van der Waals surface area contributed by atoms with E-state index >= 15 is 0 Å². The molecule has 1 heterocycles. The van der Waals surface area contributed by atoms with Crippen molar-refractivity contribution < 1.29 is 5.11 Å². The van der Waals surface area contributed by atoms with Gasteiger partial charge in [0, 0.05) is 7.05 Å². The monoisotopic (exact) mass is 274 g/mol. The summed E-state index contributed by atoms with van der Waals surface area (Å²) in [6.07, 6.45) is 1.58. The first-order chi connectivity index (χ1) is 6.97. The lowest BCUT2D eigenvalue weighted by Gasteiger charge is -2.18. The van der Waals surface area contributed by atoms with Crippen molar-refractivity contribution in [3.8, 4) is 0 Å². The molecule has 0 bridgehead atoms. The van der Waals surface area contributed by atoms with E-state index in [1.54, 1.807) is 0 Å². The van der Waals surface area contributed by atoms with Crippen LogP contribution in [0.2, 0.25) is 0 Å². The SMILES string of the molecule is CCC(Cc1c(Br)c(C)nn1C)C(C)O. The minimum atomic E-state index is -0.267. The van der Waals surface area contributed by atoms with Crippen molar-refractivity contribution in [2.45, 2.75) is 39.7 Å². The van der Waals surface area contributed by atoms with Crippen molar-refractivity contribution in [2.24, 2.45) is 13.0 Å². The Labute approximate surface area is 99.6 Å². The third-order valence-corrected chi connectivity index (χ3v) is 3.96. The standard InChI is InChI=1S/C11H19BrN2O/c1-5-9(8(3)15)6-10-11(12)7(2)13-14(10)4/h8-9,15H,5-6H2,1-4H3. The van der Waals surface area contributed by atoms with E-state index < -0.39 is 0 Å². The van der Waals surface area contributed by atoms with Crippen LogP contribution in [0.3, 0.4) is 0 Å². The lowest BCUT2D eigenvalue weighted by atomic mass is 9.95. The largest absolute Gasteiger partial charge is 0.393 e. The van der Waals surface area contributed by atoms with Crippen LogP contribution in [-0.4, -0.2) is 21.0 Å². The Morgan fingerprint density at radius 1 is 1.53 bits per heavy atom. The van der Waals surface area contributed by atoms with Crippen molar-refractivity contribution in [1.29, 1.82) is 0 Å². The van der Waals surface area contributed by atoms with E-state index in [2.05, 4.69) is 28.0 Å². The topological polar surface area (TPSA) is 38.0 Å². The van der Waals surface area contributed by atoms with E-state index in [0.717, 1.165) is 23.0 Å². The summed E-state index contributed by atoms with van der Waals surface area (Å²) in [6.45, 7) is 5.94. The molecule has 0 amide bonds. The molecule has 1 aromatic rings. The number of aromatic nitrogens is 2. The Morgan fingerprint density at radius 3 is 2.47 bits per heavy atom. The Bertz CT molecular complexity index is 334. The van der Waals surface area contributed by atoms with Gasteiger partial charge in [-0.25, -0.2) is 0 Å². The van der Waals surface area contributed by atoms with E-state index in [-0.39, 0.29) is 6.10 Å². The molecule has 0 aliphatic heterocycles. The van der Waals surface area contributed by atoms with E-state index in [0.29, 0.717) is 5.92 Å². The molecule has 1 aromatic heterocycles. The van der Waals surface area contributed by atoms with Gasteiger partial charge in [-0.05, 0) is 42.1 Å². The molecule has 1 N–H and O–H groups in total. The predicted octanol–water partition coefficient (Wildman–Crippen LogP) is 2.44. The van der Waals surface area contributed by atoms with Gasteiger partial charge in [-0.2, -0.15) is 5.10 Å². The van der Waals surface area contributed by atoms with Crippen LogP contribution in [0.25, 0.3) is 0 Å². The van der Waals surface area contributed by atoms with Gasteiger partial charge in [0.1, 0.15) is 0 Å². The summed E-state index contributed by atoms with van der Waals surface area (Å²) in [6, 6.07) is 0. The average Bonchev–Trinajstić information content (AvgIpc) is 2.39. The van der Waals surface area contributed by atoms with Crippen molar-refractivity contribution >= 4 is 15.9 Å². The Balaban J connectivity index is 2.88. The highest BCUT2D eigenvalue weighted by molar-refractivity contribution is 9.10. The summed E-state index contributed by atoms with van der Waals surface area (Å²) in [4.78, 5) is 0. The number of nitrogens with zero attached hydrogens (tertiary/aromatic N) is 2. The van der Waals surface area contributed by atoms with Gasteiger partial charge in [-0.3, -0.25) is 4.68 Å². The van der Waals surface area contributed by atoms with Crippen molar-refractivity contribution in [2.75, 3.05) is 0 Å². The minimum absolute atomic E-state index is 0.267. The third kappa shape index (κ3) is 2.82. The van der Waals surface area contributed by atoms with Crippen LogP contribution in [0, 0.1) is 12.8 Å². The maximum Gasteiger partial charge on any atom is 0.0738 e. The zero-order valence-electron chi connectivity index (χ0n) is 9.79. The summed E-state index contributed by atoms with van der Waals surface area (Å²) in [5.74, 6) is 0.302. The molecule has 0 spiro atoms. The van der Waals surface area contributed by atoms with Gasteiger partial charge in [0.15, 0.2) is 0 Å². The fourth-order valence-corrected chi connectivity index (χ4v) is 2.30. The van der Waals surface area contributed by atoms with Crippen LogP contribution >= 0.6 is 15.9 Å². The highest BCUT2D eigenvalue weighted by Gasteiger charge is 2.18. The number of aliphatic hydroxyl groups is 1. The maximum atomic E-state index is 9.62. The molecule has 0 saturated heterocycles. The number of halogens is 1. The number of aryl methyl sites for hydroxylation is 2. The lowest BCUT2D eigenvalue weighted by molar-refractivity contribution is 0.121. The summed E-state index contributed by atoms with van der Waals surface area (Å²) in [5, 5.41) is 14.0. The zero-order chi connectivity index (χ0) is 11.6. The molecule has 4 heteroatoms. The first-order valence-corrected chi connectivity index (χ1v) is 6.12. The van der Waals surface area contributed by atoms with Gasteiger partial charge < -0.3 is 5.11 Å². The molecule has 86 valence electrons. The van der Waals surface area contributed by atoms with Gasteiger partial charge in [-0.15, -0.1) is 0 Å². The van der Waals surface area contributed by atoms with Crippen molar-refractivity contribution in [3.05, 3.63) is 15.9 Å². The van der Waals surface area contributed by atoms with Crippen LogP contribution < -0.4 is 0 Å². The van der Waals surface area contributed by atoms with Crippen LogP contribution in [0.5, 0.6) is 0 Å².